The van der Waals surface area contributed by atoms with Crippen LogP contribution in [0.2, 0.25) is 0 Å². The van der Waals surface area contributed by atoms with Crippen molar-refractivity contribution in [3.63, 3.8) is 0 Å². The lowest BCUT2D eigenvalue weighted by molar-refractivity contribution is -0.127. The predicted molar refractivity (Wildman–Crippen MR) is 37.6 cm³/mol. The summed E-state index contributed by atoms with van der Waals surface area (Å²) in [4.78, 5) is 11.2. The molecule has 0 saturated carbocycles. The van der Waals surface area contributed by atoms with Gasteiger partial charge in [-0.1, -0.05) is 0 Å². The van der Waals surface area contributed by atoms with Crippen molar-refractivity contribution in [2.75, 3.05) is 6.54 Å². The number of rotatable bonds is 0. The molecule has 56 valence electrons. The Morgan fingerprint density at radius 3 is 3.20 bits per heavy atom. The SMILES string of the molecule is C[C@@]12CC[C@@H](CNC1=O)N2. The van der Waals surface area contributed by atoms with Gasteiger partial charge in [0.05, 0.1) is 5.54 Å². The number of hydrogen-bond acceptors (Lipinski definition) is 2. The summed E-state index contributed by atoms with van der Waals surface area (Å²) >= 11 is 0. The lowest BCUT2D eigenvalue weighted by Gasteiger charge is -2.29. The molecule has 3 nitrogen and oxygen atoms in total. The Morgan fingerprint density at radius 1 is 1.70 bits per heavy atom. The van der Waals surface area contributed by atoms with E-state index in [-0.39, 0.29) is 11.4 Å². The van der Waals surface area contributed by atoms with Crippen LogP contribution >= 0.6 is 0 Å². The largest absolute Gasteiger partial charge is 0.353 e. The maximum Gasteiger partial charge on any atom is 0.240 e. The second kappa shape index (κ2) is 1.72. The molecule has 0 aliphatic carbocycles. The van der Waals surface area contributed by atoms with Gasteiger partial charge in [0.2, 0.25) is 5.91 Å². The summed E-state index contributed by atoms with van der Waals surface area (Å²) in [5.41, 5.74) is -0.247. The number of hydrogen-bond donors (Lipinski definition) is 2. The Bertz CT molecular complexity index is 180. The van der Waals surface area contributed by atoms with E-state index in [9.17, 15) is 4.79 Å². The molecule has 0 radical (unpaired) electrons. The Kier molecular flexibility index (Phi) is 1.06. The highest BCUT2D eigenvalue weighted by Crippen LogP contribution is 2.25. The summed E-state index contributed by atoms with van der Waals surface area (Å²) in [6, 6.07) is 0.530. The zero-order valence-corrected chi connectivity index (χ0v) is 6.11. The first-order valence-corrected chi connectivity index (χ1v) is 3.77. The van der Waals surface area contributed by atoms with Crippen LogP contribution in [0.5, 0.6) is 0 Å². The van der Waals surface area contributed by atoms with Crippen molar-refractivity contribution >= 4 is 5.91 Å². The Hall–Kier alpha value is -0.570. The number of fused-ring (bicyclic) bond motifs is 2. The fourth-order valence-corrected chi connectivity index (χ4v) is 1.80. The molecular weight excluding hydrogens is 128 g/mol. The van der Waals surface area contributed by atoms with E-state index in [1.54, 1.807) is 0 Å². The van der Waals surface area contributed by atoms with E-state index in [0.29, 0.717) is 6.04 Å². The lowest BCUT2D eigenvalue weighted by Crippen LogP contribution is -2.60. The highest BCUT2D eigenvalue weighted by atomic mass is 16.2. The molecule has 2 bridgehead atoms. The van der Waals surface area contributed by atoms with Crippen LogP contribution in [0.25, 0.3) is 0 Å². The van der Waals surface area contributed by atoms with Gasteiger partial charge in [-0.2, -0.15) is 0 Å². The Balaban J connectivity index is 2.25. The fraction of sp³-hybridized carbons (Fsp3) is 0.857. The highest BCUT2D eigenvalue weighted by molar-refractivity contribution is 5.87. The van der Waals surface area contributed by atoms with E-state index in [1.807, 2.05) is 6.92 Å². The maximum atomic E-state index is 11.2. The average Bonchev–Trinajstić information content (AvgIpc) is 2.22. The zero-order valence-electron chi connectivity index (χ0n) is 6.11. The fourth-order valence-electron chi connectivity index (χ4n) is 1.80. The van der Waals surface area contributed by atoms with Crippen molar-refractivity contribution in [1.29, 1.82) is 0 Å². The quantitative estimate of drug-likeness (QED) is 0.482. The topological polar surface area (TPSA) is 41.1 Å². The van der Waals surface area contributed by atoms with Gasteiger partial charge < -0.3 is 5.32 Å². The maximum absolute atomic E-state index is 11.2. The monoisotopic (exact) mass is 140 g/mol. The third-order valence-corrected chi connectivity index (χ3v) is 2.53. The molecule has 2 fully saturated rings. The van der Waals surface area contributed by atoms with E-state index < -0.39 is 0 Å². The van der Waals surface area contributed by atoms with E-state index in [0.717, 1.165) is 19.4 Å². The number of carbonyl (C=O) groups is 1. The van der Waals surface area contributed by atoms with Gasteiger partial charge in [0.15, 0.2) is 0 Å². The predicted octanol–water partition coefficient (Wildman–Crippen LogP) is -0.373. The minimum atomic E-state index is -0.247. The number of carbonyl (C=O) groups excluding carboxylic acids is 1. The molecule has 2 atom stereocenters. The minimum absolute atomic E-state index is 0.168. The standard InChI is InChI=1S/C7H12N2O/c1-7-3-2-5(9-7)4-8-6(7)10/h5,9H,2-4H2,1H3,(H,8,10)/t5-,7+/m0/s1. The van der Waals surface area contributed by atoms with Gasteiger partial charge in [-0.25, -0.2) is 0 Å². The van der Waals surface area contributed by atoms with Crippen LogP contribution in [0, 0.1) is 0 Å². The molecule has 2 aliphatic heterocycles. The van der Waals surface area contributed by atoms with Crippen LogP contribution in [0.3, 0.4) is 0 Å². The van der Waals surface area contributed by atoms with Crippen LogP contribution in [0.4, 0.5) is 0 Å². The second-order valence-electron chi connectivity index (χ2n) is 3.42. The van der Waals surface area contributed by atoms with Gasteiger partial charge in [-0.3, -0.25) is 10.1 Å². The third kappa shape index (κ3) is 0.669. The van der Waals surface area contributed by atoms with Gasteiger partial charge in [0.25, 0.3) is 0 Å². The first kappa shape index (κ1) is 6.16. The van der Waals surface area contributed by atoms with E-state index in [1.165, 1.54) is 0 Å². The second-order valence-corrected chi connectivity index (χ2v) is 3.42. The van der Waals surface area contributed by atoms with E-state index >= 15 is 0 Å². The van der Waals surface area contributed by atoms with Gasteiger partial charge in [-0.05, 0) is 19.8 Å². The molecule has 3 heteroatoms. The van der Waals surface area contributed by atoms with Gasteiger partial charge >= 0.3 is 0 Å². The zero-order chi connectivity index (χ0) is 7.19. The molecule has 0 spiro atoms. The summed E-state index contributed by atoms with van der Waals surface area (Å²) in [6.07, 6.45) is 2.12. The Morgan fingerprint density at radius 2 is 2.50 bits per heavy atom. The van der Waals surface area contributed by atoms with Crippen LogP contribution < -0.4 is 10.6 Å². The first-order valence-electron chi connectivity index (χ1n) is 3.77. The molecule has 0 aromatic rings. The summed E-state index contributed by atoms with van der Waals surface area (Å²) < 4.78 is 0. The summed E-state index contributed by atoms with van der Waals surface area (Å²) in [7, 11) is 0. The van der Waals surface area contributed by atoms with Gasteiger partial charge in [-0.15, -0.1) is 0 Å². The molecule has 2 N–H and O–H groups in total. The van der Waals surface area contributed by atoms with Crippen molar-refractivity contribution in [1.82, 2.24) is 10.6 Å². The van der Waals surface area contributed by atoms with Crippen LogP contribution in [0.1, 0.15) is 19.8 Å². The van der Waals surface area contributed by atoms with Crippen LogP contribution in [0.15, 0.2) is 0 Å². The normalized spacial score (nSPS) is 45.3. The van der Waals surface area contributed by atoms with Crippen molar-refractivity contribution in [2.24, 2.45) is 0 Å². The molecular formula is C7H12N2O. The van der Waals surface area contributed by atoms with Crippen molar-refractivity contribution in [2.45, 2.75) is 31.3 Å². The number of piperazine rings is 1. The smallest absolute Gasteiger partial charge is 0.240 e. The van der Waals surface area contributed by atoms with Crippen LogP contribution in [-0.2, 0) is 4.79 Å². The number of amides is 1. The van der Waals surface area contributed by atoms with E-state index in [4.69, 9.17) is 0 Å². The van der Waals surface area contributed by atoms with E-state index in [2.05, 4.69) is 10.6 Å². The molecule has 0 aromatic carbocycles. The summed E-state index contributed by atoms with van der Waals surface area (Å²) in [5.74, 6) is 0.168. The highest BCUT2D eigenvalue weighted by Gasteiger charge is 2.43. The molecule has 0 unspecified atom stereocenters. The minimum Gasteiger partial charge on any atom is -0.353 e. The molecule has 0 aromatic heterocycles. The molecule has 2 saturated heterocycles. The summed E-state index contributed by atoms with van der Waals surface area (Å²) in [6.45, 7) is 2.79. The average molecular weight is 140 g/mol. The lowest BCUT2D eigenvalue weighted by atomic mass is 10.00. The molecule has 2 heterocycles. The van der Waals surface area contributed by atoms with Crippen molar-refractivity contribution in [3.8, 4) is 0 Å². The van der Waals surface area contributed by atoms with Gasteiger partial charge in [0.1, 0.15) is 0 Å². The third-order valence-electron chi connectivity index (χ3n) is 2.53. The first-order chi connectivity index (χ1) is 4.71. The molecule has 10 heavy (non-hydrogen) atoms. The van der Waals surface area contributed by atoms with Crippen molar-refractivity contribution in [3.05, 3.63) is 0 Å². The molecule has 2 aliphatic rings. The van der Waals surface area contributed by atoms with Crippen LogP contribution in [-0.4, -0.2) is 24.0 Å². The van der Waals surface area contributed by atoms with Crippen molar-refractivity contribution < 1.29 is 4.79 Å². The summed E-state index contributed by atoms with van der Waals surface area (Å²) in [5, 5.41) is 6.19. The Labute approximate surface area is 60.2 Å². The molecule has 1 amide bonds. The van der Waals surface area contributed by atoms with Gasteiger partial charge in [0, 0.05) is 12.6 Å². The number of nitrogens with one attached hydrogen (secondary N) is 2. The molecule has 2 rings (SSSR count).